The number of benzene rings is 1. The van der Waals surface area contributed by atoms with Crippen LogP contribution < -0.4 is 5.32 Å². The minimum atomic E-state index is -3.17. The van der Waals surface area contributed by atoms with E-state index in [1.165, 1.54) is 24.3 Å². The number of aliphatic hydroxyl groups is 1. The van der Waals surface area contributed by atoms with Gasteiger partial charge in [-0.2, -0.15) is 0 Å². The van der Waals surface area contributed by atoms with Crippen molar-refractivity contribution in [1.29, 1.82) is 0 Å². The lowest BCUT2D eigenvalue weighted by Crippen LogP contribution is -2.56. The van der Waals surface area contributed by atoms with Gasteiger partial charge in [0.2, 0.25) is 0 Å². The quantitative estimate of drug-likeness (QED) is 0.830. The van der Waals surface area contributed by atoms with Gasteiger partial charge in [-0.05, 0) is 30.7 Å². The molecule has 6 heteroatoms. The Morgan fingerprint density at radius 3 is 2.35 bits per heavy atom. The third kappa shape index (κ3) is 2.55. The highest BCUT2D eigenvalue weighted by Gasteiger charge is 2.54. The van der Waals surface area contributed by atoms with Gasteiger partial charge in [0.15, 0.2) is 5.60 Å². The predicted molar refractivity (Wildman–Crippen MR) is 65.0 cm³/mol. The van der Waals surface area contributed by atoms with Crippen LogP contribution in [-0.4, -0.2) is 24.1 Å². The fraction of sp³-hybridized carbons (Fsp3) is 0.455. The number of rotatable bonds is 1. The third-order valence-corrected chi connectivity index (χ3v) is 3.19. The Kier molecular flexibility index (Phi) is 4.36. The normalized spacial score (nSPS) is 27.3. The van der Waals surface area contributed by atoms with Crippen LogP contribution in [0.4, 0.5) is 8.78 Å². The van der Waals surface area contributed by atoms with Gasteiger partial charge in [0.25, 0.3) is 5.92 Å². The van der Waals surface area contributed by atoms with E-state index < -0.39 is 18.1 Å². The summed E-state index contributed by atoms with van der Waals surface area (Å²) in [5.74, 6) is -3.17. The van der Waals surface area contributed by atoms with Crippen LogP contribution in [0.2, 0.25) is 5.02 Å². The van der Waals surface area contributed by atoms with Crippen LogP contribution in [0.1, 0.15) is 12.0 Å². The second-order valence-electron chi connectivity index (χ2n) is 4.00. The lowest BCUT2D eigenvalue weighted by Gasteiger charge is -2.40. The van der Waals surface area contributed by atoms with E-state index in [-0.39, 0.29) is 24.4 Å². The maximum atomic E-state index is 13.7. The maximum absolute atomic E-state index is 13.7. The Morgan fingerprint density at radius 2 is 1.82 bits per heavy atom. The van der Waals surface area contributed by atoms with Crippen molar-refractivity contribution in [3.05, 3.63) is 34.9 Å². The summed E-state index contributed by atoms with van der Waals surface area (Å²) < 4.78 is 27.4. The molecule has 1 heterocycles. The molecule has 2 N–H and O–H groups in total. The van der Waals surface area contributed by atoms with Crippen LogP contribution in [0.3, 0.4) is 0 Å². The largest absolute Gasteiger partial charge is 0.379 e. The lowest BCUT2D eigenvalue weighted by molar-refractivity contribution is -0.200. The summed E-state index contributed by atoms with van der Waals surface area (Å²) in [4.78, 5) is 0. The zero-order valence-corrected chi connectivity index (χ0v) is 10.5. The highest BCUT2D eigenvalue weighted by atomic mass is 35.5. The number of hydrogen-bond acceptors (Lipinski definition) is 2. The van der Waals surface area contributed by atoms with Gasteiger partial charge in [-0.25, -0.2) is 8.78 Å². The molecule has 17 heavy (non-hydrogen) atoms. The number of piperidine rings is 1. The van der Waals surface area contributed by atoms with Crippen molar-refractivity contribution in [3.8, 4) is 0 Å². The Labute approximate surface area is 109 Å². The highest BCUT2D eigenvalue weighted by molar-refractivity contribution is 6.30. The summed E-state index contributed by atoms with van der Waals surface area (Å²) in [7, 11) is 0. The number of nitrogens with one attached hydrogen (secondary N) is 1. The molecule has 1 aromatic rings. The van der Waals surface area contributed by atoms with E-state index in [0.29, 0.717) is 11.6 Å². The molecule has 1 saturated heterocycles. The lowest BCUT2D eigenvalue weighted by atomic mass is 9.82. The second-order valence-corrected chi connectivity index (χ2v) is 4.43. The maximum Gasteiger partial charge on any atom is 0.292 e. The van der Waals surface area contributed by atoms with Gasteiger partial charge >= 0.3 is 0 Å². The molecular formula is C11H13Cl2F2NO. The molecule has 0 aromatic heterocycles. The molecule has 0 spiro atoms. The average molecular weight is 284 g/mol. The third-order valence-electron chi connectivity index (χ3n) is 2.94. The van der Waals surface area contributed by atoms with E-state index in [1.807, 2.05) is 0 Å². The minimum absolute atomic E-state index is 0. The van der Waals surface area contributed by atoms with Gasteiger partial charge in [0.05, 0.1) is 6.54 Å². The topological polar surface area (TPSA) is 32.3 Å². The highest BCUT2D eigenvalue weighted by Crippen LogP contribution is 2.42. The molecule has 1 fully saturated rings. The van der Waals surface area contributed by atoms with Gasteiger partial charge in [-0.15, -0.1) is 12.4 Å². The molecule has 0 bridgehead atoms. The van der Waals surface area contributed by atoms with Crippen LogP contribution in [0, 0.1) is 0 Å². The Bertz CT molecular complexity index is 386. The molecule has 0 radical (unpaired) electrons. The molecule has 2 nitrogen and oxygen atoms in total. The predicted octanol–water partition coefficient (Wildman–Crippen LogP) is 2.58. The molecule has 96 valence electrons. The molecule has 1 aromatic carbocycles. The fourth-order valence-corrected chi connectivity index (χ4v) is 2.05. The first kappa shape index (κ1) is 14.6. The van der Waals surface area contributed by atoms with Crippen molar-refractivity contribution in [2.45, 2.75) is 17.9 Å². The number of hydrogen-bond donors (Lipinski definition) is 2. The first-order valence-electron chi connectivity index (χ1n) is 5.03. The summed E-state index contributed by atoms with van der Waals surface area (Å²) in [6.45, 7) is -0.138. The SMILES string of the molecule is Cl.OC1(c2ccc(Cl)cc2)CCNCC1(F)F. The Hall–Kier alpha value is -0.420. The summed E-state index contributed by atoms with van der Waals surface area (Å²) in [6, 6.07) is 5.91. The van der Waals surface area contributed by atoms with Crippen LogP contribution >= 0.6 is 24.0 Å². The molecule has 1 atom stereocenters. The molecule has 0 saturated carbocycles. The van der Waals surface area contributed by atoms with Gasteiger partial charge < -0.3 is 10.4 Å². The molecule has 2 rings (SSSR count). The van der Waals surface area contributed by atoms with E-state index in [2.05, 4.69) is 5.32 Å². The molecule has 1 aliphatic heterocycles. The minimum Gasteiger partial charge on any atom is -0.379 e. The average Bonchev–Trinajstić information content (AvgIpc) is 2.23. The van der Waals surface area contributed by atoms with E-state index >= 15 is 0 Å². The van der Waals surface area contributed by atoms with Gasteiger partial charge in [-0.3, -0.25) is 0 Å². The second kappa shape index (κ2) is 5.06. The van der Waals surface area contributed by atoms with E-state index in [4.69, 9.17) is 11.6 Å². The summed E-state index contributed by atoms with van der Waals surface area (Å²) in [5, 5.41) is 13.2. The van der Waals surface area contributed by atoms with Crippen molar-refractivity contribution in [2.75, 3.05) is 13.1 Å². The first-order chi connectivity index (χ1) is 7.46. The van der Waals surface area contributed by atoms with Crippen molar-refractivity contribution < 1.29 is 13.9 Å². The smallest absolute Gasteiger partial charge is 0.292 e. The summed E-state index contributed by atoms with van der Waals surface area (Å²) in [6.07, 6.45) is -0.0123. The van der Waals surface area contributed by atoms with E-state index in [9.17, 15) is 13.9 Å². The van der Waals surface area contributed by atoms with Gasteiger partial charge in [-0.1, -0.05) is 23.7 Å². The molecule has 1 unspecified atom stereocenters. The van der Waals surface area contributed by atoms with Gasteiger partial charge in [0, 0.05) is 5.02 Å². The first-order valence-corrected chi connectivity index (χ1v) is 5.40. The summed E-state index contributed by atoms with van der Waals surface area (Å²) in [5.41, 5.74) is -1.88. The number of alkyl halides is 2. The molecular weight excluding hydrogens is 271 g/mol. The Morgan fingerprint density at radius 1 is 1.24 bits per heavy atom. The standard InChI is InChI=1S/C11H12ClF2NO.ClH/c12-9-3-1-8(2-4-9)10(16)5-6-15-7-11(10,13)14;/h1-4,15-16H,5-7H2;1H. The van der Waals surface area contributed by atoms with Crippen molar-refractivity contribution >= 4 is 24.0 Å². The van der Waals surface area contributed by atoms with E-state index in [1.54, 1.807) is 0 Å². The van der Waals surface area contributed by atoms with Crippen LogP contribution in [0.15, 0.2) is 24.3 Å². The molecule has 1 aliphatic rings. The molecule has 0 amide bonds. The molecule has 0 aliphatic carbocycles. The monoisotopic (exact) mass is 283 g/mol. The van der Waals surface area contributed by atoms with Crippen molar-refractivity contribution in [2.24, 2.45) is 0 Å². The summed E-state index contributed by atoms with van der Waals surface area (Å²) >= 11 is 5.69. The van der Waals surface area contributed by atoms with Crippen LogP contribution in [-0.2, 0) is 5.60 Å². The van der Waals surface area contributed by atoms with Crippen LogP contribution in [0.5, 0.6) is 0 Å². The number of halogens is 4. The Balaban J connectivity index is 0.00000144. The van der Waals surface area contributed by atoms with Crippen molar-refractivity contribution in [1.82, 2.24) is 5.32 Å². The van der Waals surface area contributed by atoms with Crippen LogP contribution in [0.25, 0.3) is 0 Å². The zero-order chi connectivity index (χ0) is 11.8. The fourth-order valence-electron chi connectivity index (χ4n) is 1.92. The van der Waals surface area contributed by atoms with Gasteiger partial charge in [0.1, 0.15) is 0 Å². The van der Waals surface area contributed by atoms with E-state index in [0.717, 1.165) is 0 Å². The van der Waals surface area contributed by atoms with Crippen molar-refractivity contribution in [3.63, 3.8) is 0 Å². The zero-order valence-electron chi connectivity index (χ0n) is 8.92.